The molecular formula is C9H13F. The number of rotatable bonds is 3. The second-order valence-corrected chi connectivity index (χ2v) is 2.06. The van der Waals surface area contributed by atoms with Crippen molar-refractivity contribution in [2.75, 3.05) is 0 Å². The fourth-order valence-corrected chi connectivity index (χ4v) is 0.735. The summed E-state index contributed by atoms with van der Waals surface area (Å²) in [6.45, 7) is 7.51. The normalized spacial score (nSPS) is 13.5. The molecule has 0 spiro atoms. The summed E-state index contributed by atoms with van der Waals surface area (Å²) in [7, 11) is 0. The Labute approximate surface area is 61.8 Å². The first kappa shape index (κ1) is 9.15. The molecule has 0 unspecified atom stereocenters. The zero-order valence-electron chi connectivity index (χ0n) is 6.52. The maximum absolute atomic E-state index is 11.7. The highest BCUT2D eigenvalue weighted by atomic mass is 19.1. The topological polar surface area (TPSA) is 0 Å². The minimum atomic E-state index is 0.561. The quantitative estimate of drug-likeness (QED) is 0.527. The Bertz CT molecular complexity index is 164. The average molecular weight is 140 g/mol. The Morgan fingerprint density at radius 3 is 2.50 bits per heavy atom. The lowest BCUT2D eigenvalue weighted by atomic mass is 10.1. The monoisotopic (exact) mass is 140 g/mol. The zero-order valence-corrected chi connectivity index (χ0v) is 6.52. The lowest BCUT2D eigenvalue weighted by Gasteiger charge is -1.98. The molecule has 0 aromatic carbocycles. The molecule has 0 amide bonds. The van der Waals surface area contributed by atoms with Crippen LogP contribution in [0.25, 0.3) is 0 Å². The first-order chi connectivity index (χ1) is 4.76. The van der Waals surface area contributed by atoms with Gasteiger partial charge < -0.3 is 0 Å². The van der Waals surface area contributed by atoms with Gasteiger partial charge in [0.2, 0.25) is 0 Å². The molecule has 0 aromatic heterocycles. The van der Waals surface area contributed by atoms with Crippen LogP contribution >= 0.6 is 0 Å². The minimum absolute atomic E-state index is 0.561. The second-order valence-electron chi connectivity index (χ2n) is 2.06. The van der Waals surface area contributed by atoms with Gasteiger partial charge in [-0.05, 0) is 30.6 Å². The Hall–Kier alpha value is -0.850. The van der Waals surface area contributed by atoms with Crippen LogP contribution in [0, 0.1) is 0 Å². The Morgan fingerprint density at radius 1 is 1.60 bits per heavy atom. The van der Waals surface area contributed by atoms with Gasteiger partial charge in [-0.3, -0.25) is 0 Å². The molecule has 0 aliphatic rings. The van der Waals surface area contributed by atoms with E-state index in [1.807, 2.05) is 13.8 Å². The highest BCUT2D eigenvalue weighted by molar-refractivity contribution is 5.29. The summed E-state index contributed by atoms with van der Waals surface area (Å²) in [4.78, 5) is 0. The summed E-state index contributed by atoms with van der Waals surface area (Å²) in [5, 5.41) is 0. The third-order valence-electron chi connectivity index (χ3n) is 1.46. The predicted octanol–water partition coefficient (Wildman–Crippen LogP) is 3.38. The highest BCUT2D eigenvalue weighted by Crippen LogP contribution is 2.10. The van der Waals surface area contributed by atoms with Crippen LogP contribution in [0.2, 0.25) is 0 Å². The van der Waals surface area contributed by atoms with Gasteiger partial charge in [-0.25, -0.2) is 4.39 Å². The fourth-order valence-electron chi connectivity index (χ4n) is 0.735. The van der Waals surface area contributed by atoms with Gasteiger partial charge in [-0.15, -0.1) is 0 Å². The molecule has 10 heavy (non-hydrogen) atoms. The Balaban J connectivity index is 4.44. The maximum atomic E-state index is 11.7. The van der Waals surface area contributed by atoms with Crippen LogP contribution in [0.4, 0.5) is 4.39 Å². The van der Waals surface area contributed by atoms with Crippen molar-refractivity contribution in [3.05, 3.63) is 36.2 Å². The van der Waals surface area contributed by atoms with Gasteiger partial charge in [0.05, 0.1) is 6.33 Å². The average Bonchev–Trinajstić information content (AvgIpc) is 1.99. The van der Waals surface area contributed by atoms with E-state index in [0.717, 1.165) is 17.6 Å². The van der Waals surface area contributed by atoms with Crippen LogP contribution < -0.4 is 0 Å². The molecule has 0 bridgehead atoms. The summed E-state index contributed by atoms with van der Waals surface area (Å²) >= 11 is 0. The van der Waals surface area contributed by atoms with Gasteiger partial charge in [0.25, 0.3) is 0 Å². The van der Waals surface area contributed by atoms with Crippen molar-refractivity contribution >= 4 is 0 Å². The number of hydrogen-bond acceptors (Lipinski definition) is 0. The molecule has 1 heteroatoms. The third kappa shape index (κ3) is 2.62. The largest absolute Gasteiger partial charge is 0.216 e. The van der Waals surface area contributed by atoms with Gasteiger partial charge in [0.15, 0.2) is 0 Å². The Kier molecular flexibility index (Phi) is 4.55. The summed E-state index contributed by atoms with van der Waals surface area (Å²) in [6.07, 6.45) is 4.61. The van der Waals surface area contributed by atoms with Crippen molar-refractivity contribution in [2.24, 2.45) is 0 Å². The van der Waals surface area contributed by atoms with Crippen molar-refractivity contribution in [3.8, 4) is 0 Å². The van der Waals surface area contributed by atoms with Gasteiger partial charge in [0.1, 0.15) is 0 Å². The van der Waals surface area contributed by atoms with Gasteiger partial charge in [0, 0.05) is 0 Å². The van der Waals surface area contributed by atoms with Crippen LogP contribution in [0.1, 0.15) is 20.3 Å². The summed E-state index contributed by atoms with van der Waals surface area (Å²) in [5.41, 5.74) is 2.04. The smallest absolute Gasteiger partial charge is 0.0869 e. The molecule has 0 saturated heterocycles. The lowest BCUT2D eigenvalue weighted by molar-refractivity contribution is 0.719. The van der Waals surface area contributed by atoms with E-state index in [0.29, 0.717) is 6.33 Å². The van der Waals surface area contributed by atoms with Crippen LogP contribution in [0.3, 0.4) is 0 Å². The first-order valence-electron chi connectivity index (χ1n) is 3.35. The van der Waals surface area contributed by atoms with Crippen molar-refractivity contribution in [1.82, 2.24) is 0 Å². The second kappa shape index (κ2) is 4.98. The minimum Gasteiger partial charge on any atom is -0.216 e. The van der Waals surface area contributed by atoms with E-state index in [9.17, 15) is 4.39 Å². The van der Waals surface area contributed by atoms with E-state index < -0.39 is 0 Å². The number of hydrogen-bond donors (Lipinski definition) is 0. The van der Waals surface area contributed by atoms with Crippen LogP contribution in [0.5, 0.6) is 0 Å². The van der Waals surface area contributed by atoms with E-state index in [-0.39, 0.29) is 0 Å². The van der Waals surface area contributed by atoms with E-state index >= 15 is 0 Å². The van der Waals surface area contributed by atoms with Crippen molar-refractivity contribution in [3.63, 3.8) is 0 Å². The van der Waals surface area contributed by atoms with Gasteiger partial charge in [-0.1, -0.05) is 19.6 Å². The van der Waals surface area contributed by atoms with E-state index in [4.69, 9.17) is 0 Å². The zero-order chi connectivity index (χ0) is 7.98. The highest BCUT2D eigenvalue weighted by Gasteiger charge is 1.90. The molecule has 0 heterocycles. The van der Waals surface area contributed by atoms with Gasteiger partial charge >= 0.3 is 0 Å². The summed E-state index contributed by atoms with van der Waals surface area (Å²) < 4.78 is 11.7. The van der Waals surface area contributed by atoms with Crippen molar-refractivity contribution in [1.29, 1.82) is 0 Å². The van der Waals surface area contributed by atoms with E-state index in [1.54, 1.807) is 6.08 Å². The summed E-state index contributed by atoms with van der Waals surface area (Å²) in [6, 6.07) is 0. The molecule has 0 fully saturated rings. The van der Waals surface area contributed by atoms with E-state index in [2.05, 4.69) is 6.58 Å². The molecular weight excluding hydrogens is 127 g/mol. The van der Waals surface area contributed by atoms with Crippen LogP contribution in [-0.4, -0.2) is 0 Å². The Morgan fingerprint density at radius 2 is 2.20 bits per heavy atom. The molecule has 56 valence electrons. The molecule has 0 aliphatic heterocycles. The van der Waals surface area contributed by atoms with E-state index in [1.165, 1.54) is 6.08 Å². The molecule has 0 nitrogen and oxygen atoms in total. The predicted molar refractivity (Wildman–Crippen MR) is 43.4 cm³/mol. The van der Waals surface area contributed by atoms with Crippen molar-refractivity contribution < 1.29 is 4.39 Å². The molecule has 0 atom stereocenters. The molecule has 0 radical (unpaired) electrons. The third-order valence-corrected chi connectivity index (χ3v) is 1.46. The molecule has 0 aliphatic carbocycles. The summed E-state index contributed by atoms with van der Waals surface area (Å²) in [5.74, 6) is 0. The molecule has 0 aromatic rings. The van der Waals surface area contributed by atoms with Crippen LogP contribution in [0.15, 0.2) is 36.2 Å². The van der Waals surface area contributed by atoms with Gasteiger partial charge in [-0.2, -0.15) is 0 Å². The SMILES string of the molecule is C=C/C(C)=C(\C=CF)CC. The first-order valence-corrected chi connectivity index (χ1v) is 3.35. The fraction of sp³-hybridized carbons (Fsp3) is 0.333. The molecule has 0 saturated carbocycles. The molecule has 0 rings (SSSR count). The van der Waals surface area contributed by atoms with Crippen molar-refractivity contribution in [2.45, 2.75) is 20.3 Å². The number of allylic oxidation sites excluding steroid dienone is 4. The standard InChI is InChI=1S/C9H13F/c1-4-8(3)9(5-2)6-7-10/h4,6-7H,1,5H2,2-3H3/b7-6?,9-8-. The lowest BCUT2D eigenvalue weighted by Crippen LogP contribution is -1.78. The van der Waals surface area contributed by atoms with Crippen LogP contribution in [-0.2, 0) is 0 Å². The molecule has 0 N–H and O–H groups in total. The number of halogens is 1. The maximum Gasteiger partial charge on any atom is 0.0869 e.